The molecule has 368 valence electrons. The highest BCUT2D eigenvalue weighted by molar-refractivity contribution is 5.71. The van der Waals surface area contributed by atoms with Crippen molar-refractivity contribution in [2.24, 2.45) is 23.5 Å². The molecule has 13 N–H and O–H groups in total. The van der Waals surface area contributed by atoms with Gasteiger partial charge < -0.3 is 80.9 Å². The lowest BCUT2D eigenvalue weighted by Crippen LogP contribution is -2.61. The molecule has 18 nitrogen and oxygen atoms in total. The first-order valence-corrected chi connectivity index (χ1v) is 22.3. The van der Waals surface area contributed by atoms with E-state index in [4.69, 9.17) is 24.7 Å². The van der Waals surface area contributed by atoms with Crippen molar-refractivity contribution in [2.45, 2.75) is 177 Å². The van der Waals surface area contributed by atoms with Gasteiger partial charge in [0.25, 0.3) is 0 Å². The molecular weight excluding hydrogens is 851 g/mol. The van der Waals surface area contributed by atoms with E-state index in [2.05, 4.69) is 0 Å². The Bertz CT molecular complexity index is 1670. The second kappa shape index (κ2) is 27.4. The van der Waals surface area contributed by atoms with E-state index in [9.17, 15) is 65.8 Å². The number of ether oxygens (including phenoxy) is 4. The van der Waals surface area contributed by atoms with E-state index in [-0.39, 0.29) is 31.6 Å². The third-order valence-electron chi connectivity index (χ3n) is 12.0. The number of cyclic esters (lactones) is 1. The van der Waals surface area contributed by atoms with Crippen LogP contribution < -0.4 is 5.73 Å². The van der Waals surface area contributed by atoms with Crippen molar-refractivity contribution in [3.63, 3.8) is 0 Å². The molecule has 2 saturated heterocycles. The number of aliphatic carboxylic acids is 1. The number of carboxylic acids is 1. The molecule has 0 saturated carbocycles. The van der Waals surface area contributed by atoms with E-state index in [0.717, 1.165) is 0 Å². The van der Waals surface area contributed by atoms with E-state index in [0.29, 0.717) is 0 Å². The lowest BCUT2D eigenvalue weighted by Gasteiger charge is -2.45. The Morgan fingerprint density at radius 1 is 0.662 bits per heavy atom. The van der Waals surface area contributed by atoms with Crippen molar-refractivity contribution in [1.29, 1.82) is 0 Å². The van der Waals surface area contributed by atoms with E-state index >= 15 is 0 Å². The zero-order chi connectivity index (χ0) is 48.4. The van der Waals surface area contributed by atoms with Crippen molar-refractivity contribution in [3.8, 4) is 0 Å². The third kappa shape index (κ3) is 18.6. The molecule has 0 spiro atoms. The van der Waals surface area contributed by atoms with Crippen molar-refractivity contribution in [3.05, 3.63) is 85.1 Å². The van der Waals surface area contributed by atoms with Gasteiger partial charge in [-0.3, -0.25) is 9.59 Å². The van der Waals surface area contributed by atoms with Gasteiger partial charge in [0.2, 0.25) is 0 Å². The quantitative estimate of drug-likeness (QED) is 0.174. The highest BCUT2D eigenvalue weighted by Gasteiger charge is 2.51. The summed E-state index contributed by atoms with van der Waals surface area (Å²) in [6.45, 7) is 6.72. The Morgan fingerprint density at radius 2 is 1.23 bits per heavy atom. The van der Waals surface area contributed by atoms with Gasteiger partial charge in [-0.25, -0.2) is 0 Å². The van der Waals surface area contributed by atoms with Crippen LogP contribution >= 0.6 is 0 Å². The molecule has 3 aliphatic heterocycles. The van der Waals surface area contributed by atoms with Crippen LogP contribution in [0.1, 0.15) is 79.1 Å². The first-order valence-electron chi connectivity index (χ1n) is 22.3. The standard InChI is InChI=1S/C47H73NO17/c1-27-17-15-13-11-9-7-5-6-8-10-12-14-16-18-34(64-46-44(58)41(48)43(57)30(4)63-46)24-38-40(45(59)60)37(54)26-47(61,65-38)25-33(51)21-31(49)19-20-35(52)36(53)22-32(50)23-39(55)62-29(3)28(2)42(27)56/h5-18,27-38,40-44,46,49-54,56-58,61H,19-26,48H2,1-4H3,(H,59,60)/b6-5+,9-7+,10-8+,13-11+,14-12+,17-15+,18-16+/t27-,28+,29-,30?,31-,32+,33-,34-,35-,36-,37-,38-,40+,41?,42+,43?,44?,46?,47+/m0/s1. The minimum Gasteiger partial charge on any atom is -0.481 e. The van der Waals surface area contributed by atoms with Gasteiger partial charge in [-0.2, -0.15) is 0 Å². The van der Waals surface area contributed by atoms with E-state index in [1.807, 2.05) is 13.0 Å². The first-order chi connectivity index (χ1) is 30.6. The maximum atomic E-state index is 12.6. The van der Waals surface area contributed by atoms with Gasteiger partial charge >= 0.3 is 11.9 Å². The predicted molar refractivity (Wildman–Crippen MR) is 237 cm³/mol. The molecule has 3 rings (SSSR count). The average molecular weight is 924 g/mol. The fourth-order valence-electron chi connectivity index (χ4n) is 7.97. The zero-order valence-electron chi connectivity index (χ0n) is 37.6. The van der Waals surface area contributed by atoms with Crippen molar-refractivity contribution in [1.82, 2.24) is 0 Å². The summed E-state index contributed by atoms with van der Waals surface area (Å²) in [5.41, 5.74) is 6.02. The number of esters is 1. The number of aliphatic hydroxyl groups excluding tert-OH is 9. The van der Waals surface area contributed by atoms with Crippen LogP contribution in [-0.4, -0.2) is 166 Å². The normalized spacial score (nSPS) is 45.5. The molecular formula is C47H73NO17. The molecule has 19 atom stereocenters. The number of hydrogen-bond acceptors (Lipinski definition) is 17. The first kappa shape index (κ1) is 55.9. The van der Waals surface area contributed by atoms with Crippen LogP contribution in [0.5, 0.6) is 0 Å². The molecule has 0 aliphatic carbocycles. The van der Waals surface area contributed by atoms with Crippen LogP contribution in [0, 0.1) is 17.8 Å². The largest absolute Gasteiger partial charge is 0.481 e. The number of carboxylic acid groups (broad SMARTS) is 1. The molecule has 5 unspecified atom stereocenters. The summed E-state index contributed by atoms with van der Waals surface area (Å²) < 4.78 is 23.1. The van der Waals surface area contributed by atoms with Gasteiger partial charge in [0.05, 0.1) is 79.6 Å². The Labute approximate surface area is 381 Å². The Kier molecular flexibility index (Phi) is 23.6. The molecule has 18 heteroatoms. The van der Waals surface area contributed by atoms with Crippen LogP contribution in [0.4, 0.5) is 0 Å². The number of carbonyl (C=O) groups excluding carboxylic acids is 1. The zero-order valence-corrected chi connectivity index (χ0v) is 37.6. The van der Waals surface area contributed by atoms with Crippen molar-refractivity contribution >= 4 is 11.9 Å². The van der Waals surface area contributed by atoms with Crippen LogP contribution in [0.15, 0.2) is 85.1 Å². The topological polar surface area (TPSA) is 320 Å². The van der Waals surface area contributed by atoms with E-state index in [1.54, 1.807) is 86.8 Å². The molecule has 65 heavy (non-hydrogen) atoms. The van der Waals surface area contributed by atoms with Gasteiger partial charge in [0, 0.05) is 37.5 Å². The van der Waals surface area contributed by atoms with Crippen LogP contribution in [0.2, 0.25) is 0 Å². The summed E-state index contributed by atoms with van der Waals surface area (Å²) in [6, 6.07) is -1.14. The predicted octanol–water partition coefficient (Wildman–Crippen LogP) is 0.712. The maximum Gasteiger partial charge on any atom is 0.311 e. The molecule has 2 bridgehead atoms. The third-order valence-corrected chi connectivity index (χ3v) is 12.0. The van der Waals surface area contributed by atoms with Gasteiger partial charge in [-0.1, -0.05) is 98.9 Å². The molecule has 3 heterocycles. The minimum absolute atomic E-state index is 0.140. The highest BCUT2D eigenvalue weighted by Crippen LogP contribution is 2.38. The number of allylic oxidation sites excluding steroid dienone is 12. The molecule has 0 aromatic rings. The number of hydrogen-bond donors (Lipinski definition) is 12. The van der Waals surface area contributed by atoms with Crippen molar-refractivity contribution in [2.75, 3.05) is 0 Å². The Balaban J connectivity index is 1.86. The Hall–Kier alpha value is -3.44. The van der Waals surface area contributed by atoms with Gasteiger partial charge in [0.15, 0.2) is 12.1 Å². The monoisotopic (exact) mass is 923 g/mol. The van der Waals surface area contributed by atoms with Crippen LogP contribution in [0.25, 0.3) is 0 Å². The SMILES string of the molecule is CC1OC(O[C@H]2/C=C/C=C/C=C/C=C/C=C/C=C/C=C/[C@H](C)[C@@H](O)[C@H](C)[C@H](C)OC(=O)C[C@H](O)C[C@H](O)[C@@H](O)CC[C@H](O)C[C@H](O)C[C@]3(O)C[C@H](O)[C@@H](C(=O)O)[C@H](C2)O3)C(O)C(N)C1O. The lowest BCUT2D eigenvalue weighted by atomic mass is 9.82. The van der Waals surface area contributed by atoms with E-state index in [1.165, 1.54) is 13.0 Å². The lowest BCUT2D eigenvalue weighted by molar-refractivity contribution is -0.308. The minimum atomic E-state index is -2.29. The van der Waals surface area contributed by atoms with Gasteiger partial charge in [-0.05, 0) is 33.1 Å². The fourth-order valence-corrected chi connectivity index (χ4v) is 7.97. The molecule has 3 aliphatic rings. The second-order valence-electron chi connectivity index (χ2n) is 17.6. The van der Waals surface area contributed by atoms with Crippen molar-refractivity contribution < 1.29 is 84.7 Å². The summed E-state index contributed by atoms with van der Waals surface area (Å²) in [4.78, 5) is 25.1. The number of carbonyl (C=O) groups is 2. The number of fused-ring (bicyclic) bond motifs is 2. The molecule has 0 aromatic heterocycles. The van der Waals surface area contributed by atoms with Gasteiger partial charge in [0.1, 0.15) is 18.1 Å². The molecule has 2 fully saturated rings. The number of aliphatic hydroxyl groups is 10. The van der Waals surface area contributed by atoms with Gasteiger partial charge in [-0.15, -0.1) is 0 Å². The van der Waals surface area contributed by atoms with Crippen LogP contribution in [-0.2, 0) is 28.5 Å². The summed E-state index contributed by atoms with van der Waals surface area (Å²) in [6.07, 6.45) is 3.55. The maximum absolute atomic E-state index is 12.6. The van der Waals surface area contributed by atoms with Crippen LogP contribution in [0.3, 0.4) is 0 Å². The molecule has 0 radical (unpaired) electrons. The molecule has 0 amide bonds. The Morgan fingerprint density at radius 3 is 1.82 bits per heavy atom. The summed E-state index contributed by atoms with van der Waals surface area (Å²) >= 11 is 0. The highest BCUT2D eigenvalue weighted by atomic mass is 16.7. The molecule has 0 aromatic carbocycles. The fraction of sp³-hybridized carbons (Fsp3) is 0.660. The average Bonchev–Trinajstić information content (AvgIpc) is 3.21. The number of rotatable bonds is 3. The van der Waals surface area contributed by atoms with E-state index < -0.39 is 147 Å². The smallest absolute Gasteiger partial charge is 0.311 e. The second-order valence-corrected chi connectivity index (χ2v) is 17.6. The summed E-state index contributed by atoms with van der Waals surface area (Å²) in [5, 5.41) is 118. The summed E-state index contributed by atoms with van der Waals surface area (Å²) in [7, 11) is 0. The number of nitrogens with two attached hydrogens (primary N) is 1. The summed E-state index contributed by atoms with van der Waals surface area (Å²) in [5.74, 6) is -6.82.